The number of hydrogen-bond acceptors (Lipinski definition) is 5. The number of amides is 1. The third-order valence-electron chi connectivity index (χ3n) is 4.01. The lowest BCUT2D eigenvalue weighted by atomic mass is 9.91. The van der Waals surface area contributed by atoms with Gasteiger partial charge in [-0.1, -0.05) is 27.7 Å². The molecule has 7 heteroatoms. The Balaban J connectivity index is 0.00000184. The van der Waals surface area contributed by atoms with Gasteiger partial charge < -0.3 is 20.7 Å². The Morgan fingerprint density at radius 1 is 1.14 bits per heavy atom. The molecular weight excluding hydrogens is 371 g/mol. The highest BCUT2D eigenvalue weighted by atomic mass is 19.1. The molecular formula is C22H41FN4O2. The summed E-state index contributed by atoms with van der Waals surface area (Å²) in [6.07, 6.45) is 4.34. The molecule has 0 bridgehead atoms. The monoisotopic (exact) mass is 412 g/mol. The fourth-order valence-corrected chi connectivity index (χ4v) is 2.93. The SMILES string of the molecule is CC.CC.CCNc1ncc(F)cc1NC1CCC(NC(=O)OC(C)(C)C)CC1. The zero-order valence-electron chi connectivity index (χ0n) is 19.5. The Morgan fingerprint density at radius 2 is 1.69 bits per heavy atom. The van der Waals surface area contributed by atoms with E-state index in [4.69, 9.17) is 4.74 Å². The summed E-state index contributed by atoms with van der Waals surface area (Å²) in [5, 5.41) is 9.44. The van der Waals surface area contributed by atoms with Crippen molar-refractivity contribution in [2.24, 2.45) is 0 Å². The first kappa shape index (κ1) is 27.0. The predicted octanol–water partition coefficient (Wildman–Crippen LogP) is 5.95. The van der Waals surface area contributed by atoms with Crippen molar-refractivity contribution < 1.29 is 13.9 Å². The lowest BCUT2D eigenvalue weighted by Crippen LogP contribution is -2.42. The summed E-state index contributed by atoms with van der Waals surface area (Å²) < 4.78 is 18.8. The lowest BCUT2D eigenvalue weighted by molar-refractivity contribution is 0.0492. The van der Waals surface area contributed by atoms with Crippen molar-refractivity contribution in [3.05, 3.63) is 18.1 Å². The normalized spacial score (nSPS) is 18.2. The zero-order chi connectivity index (χ0) is 22.4. The number of aromatic nitrogens is 1. The lowest BCUT2D eigenvalue weighted by Gasteiger charge is -2.31. The summed E-state index contributed by atoms with van der Waals surface area (Å²) in [6.45, 7) is 16.2. The molecule has 1 aliphatic rings. The van der Waals surface area contributed by atoms with Gasteiger partial charge in [-0.15, -0.1) is 0 Å². The maximum atomic E-state index is 13.5. The smallest absolute Gasteiger partial charge is 0.407 e. The molecule has 0 radical (unpaired) electrons. The topological polar surface area (TPSA) is 75.3 Å². The van der Waals surface area contributed by atoms with Gasteiger partial charge in [0.25, 0.3) is 0 Å². The summed E-state index contributed by atoms with van der Waals surface area (Å²) >= 11 is 0. The maximum absolute atomic E-state index is 13.5. The Bertz CT molecular complexity index is 583. The highest BCUT2D eigenvalue weighted by Gasteiger charge is 2.25. The van der Waals surface area contributed by atoms with Crippen LogP contribution in [0.25, 0.3) is 0 Å². The summed E-state index contributed by atoms with van der Waals surface area (Å²) in [4.78, 5) is 15.9. The van der Waals surface area contributed by atoms with Gasteiger partial charge in [-0.25, -0.2) is 14.2 Å². The van der Waals surface area contributed by atoms with E-state index in [1.165, 1.54) is 12.3 Å². The standard InChI is InChI=1S/C18H29FN4O2.2C2H6/c1-5-20-16-15(10-12(19)11-21-16)22-13-6-8-14(9-7-13)23-17(24)25-18(2,3)4;2*1-2/h10-11,13-14,22H,5-9H2,1-4H3,(H,20,21)(H,23,24);2*1-2H3. The Labute approximate surface area is 176 Å². The van der Waals surface area contributed by atoms with Crippen molar-refractivity contribution in [1.29, 1.82) is 0 Å². The van der Waals surface area contributed by atoms with E-state index in [2.05, 4.69) is 20.9 Å². The minimum Gasteiger partial charge on any atom is -0.444 e. The number of hydrogen-bond donors (Lipinski definition) is 3. The number of carbonyl (C=O) groups is 1. The van der Waals surface area contributed by atoms with E-state index < -0.39 is 5.60 Å². The molecule has 0 unspecified atom stereocenters. The van der Waals surface area contributed by atoms with Gasteiger partial charge in [-0.3, -0.25) is 0 Å². The van der Waals surface area contributed by atoms with E-state index in [0.29, 0.717) is 11.5 Å². The van der Waals surface area contributed by atoms with E-state index in [0.717, 1.165) is 32.2 Å². The van der Waals surface area contributed by atoms with Gasteiger partial charge in [0.2, 0.25) is 0 Å². The molecule has 1 fully saturated rings. The quantitative estimate of drug-likeness (QED) is 0.557. The molecule has 0 spiro atoms. The maximum Gasteiger partial charge on any atom is 0.407 e. The Hall–Kier alpha value is -2.05. The average molecular weight is 413 g/mol. The molecule has 1 heterocycles. The molecule has 1 aromatic rings. The second-order valence-electron chi connectivity index (χ2n) is 7.42. The minimum absolute atomic E-state index is 0.117. The minimum atomic E-state index is -0.490. The van der Waals surface area contributed by atoms with Crippen LogP contribution in [0.2, 0.25) is 0 Å². The molecule has 6 nitrogen and oxygen atoms in total. The number of rotatable bonds is 5. The van der Waals surface area contributed by atoms with Crippen LogP contribution in [0.15, 0.2) is 12.3 Å². The number of halogens is 1. The van der Waals surface area contributed by atoms with Crippen molar-refractivity contribution >= 4 is 17.6 Å². The molecule has 29 heavy (non-hydrogen) atoms. The second kappa shape index (κ2) is 14.0. The van der Waals surface area contributed by atoms with E-state index in [1.807, 2.05) is 55.4 Å². The van der Waals surface area contributed by atoms with Crippen LogP contribution >= 0.6 is 0 Å². The van der Waals surface area contributed by atoms with Crippen molar-refractivity contribution in [2.45, 2.75) is 98.8 Å². The summed E-state index contributed by atoms with van der Waals surface area (Å²) in [5.41, 5.74) is 0.195. The van der Waals surface area contributed by atoms with Crippen molar-refractivity contribution in [3.63, 3.8) is 0 Å². The van der Waals surface area contributed by atoms with Gasteiger partial charge in [0.15, 0.2) is 0 Å². The Kier molecular flexibility index (Phi) is 13.0. The van der Waals surface area contributed by atoms with Crippen LogP contribution in [0.4, 0.5) is 20.7 Å². The van der Waals surface area contributed by atoms with Gasteiger partial charge in [0, 0.05) is 24.7 Å². The van der Waals surface area contributed by atoms with Gasteiger partial charge in [0.1, 0.15) is 17.2 Å². The van der Waals surface area contributed by atoms with Crippen LogP contribution in [-0.4, -0.2) is 35.3 Å². The largest absolute Gasteiger partial charge is 0.444 e. The van der Waals surface area contributed by atoms with Gasteiger partial charge in [-0.05, 0) is 53.4 Å². The van der Waals surface area contributed by atoms with Gasteiger partial charge >= 0.3 is 6.09 Å². The first-order chi connectivity index (χ1) is 13.8. The van der Waals surface area contributed by atoms with E-state index in [9.17, 15) is 9.18 Å². The molecule has 0 aromatic carbocycles. The second-order valence-corrected chi connectivity index (χ2v) is 7.42. The van der Waals surface area contributed by atoms with E-state index in [1.54, 1.807) is 0 Å². The van der Waals surface area contributed by atoms with Crippen LogP contribution in [0.5, 0.6) is 0 Å². The third kappa shape index (κ3) is 10.9. The molecule has 1 aromatic heterocycles. The summed E-state index contributed by atoms with van der Waals surface area (Å²) in [7, 11) is 0. The fourth-order valence-electron chi connectivity index (χ4n) is 2.93. The number of nitrogens with zero attached hydrogens (tertiary/aromatic N) is 1. The molecule has 168 valence electrons. The third-order valence-corrected chi connectivity index (χ3v) is 4.01. The highest BCUT2D eigenvalue weighted by molar-refractivity contribution is 5.68. The number of carbonyl (C=O) groups excluding carboxylic acids is 1. The molecule has 1 amide bonds. The number of alkyl carbamates (subject to hydrolysis) is 1. The molecule has 3 N–H and O–H groups in total. The molecule has 2 rings (SSSR count). The van der Waals surface area contributed by atoms with E-state index >= 15 is 0 Å². The molecule has 1 aliphatic carbocycles. The van der Waals surface area contributed by atoms with E-state index in [-0.39, 0.29) is 24.0 Å². The summed E-state index contributed by atoms with van der Waals surface area (Å²) in [5.74, 6) is 0.308. The van der Waals surface area contributed by atoms with Gasteiger partial charge in [0.05, 0.1) is 11.9 Å². The van der Waals surface area contributed by atoms with Crippen LogP contribution in [0, 0.1) is 5.82 Å². The van der Waals surface area contributed by atoms with Crippen molar-refractivity contribution in [3.8, 4) is 0 Å². The summed E-state index contributed by atoms with van der Waals surface area (Å²) in [6, 6.07) is 1.82. The van der Waals surface area contributed by atoms with Crippen molar-refractivity contribution in [2.75, 3.05) is 17.2 Å². The molecule has 0 aliphatic heterocycles. The van der Waals surface area contributed by atoms with Crippen molar-refractivity contribution in [1.82, 2.24) is 10.3 Å². The number of anilines is 2. The number of ether oxygens (including phenoxy) is 1. The first-order valence-corrected chi connectivity index (χ1v) is 10.9. The van der Waals surface area contributed by atoms with Crippen LogP contribution in [0.3, 0.4) is 0 Å². The first-order valence-electron chi connectivity index (χ1n) is 10.9. The Morgan fingerprint density at radius 3 is 2.21 bits per heavy atom. The molecule has 0 saturated heterocycles. The van der Waals surface area contributed by atoms with Crippen LogP contribution < -0.4 is 16.0 Å². The zero-order valence-corrected chi connectivity index (χ0v) is 19.5. The molecule has 1 saturated carbocycles. The fraction of sp³-hybridized carbons (Fsp3) is 0.727. The number of nitrogens with one attached hydrogen (secondary N) is 3. The molecule has 0 atom stereocenters. The van der Waals surface area contributed by atoms with Crippen LogP contribution in [0.1, 0.15) is 81.1 Å². The average Bonchev–Trinajstić information content (AvgIpc) is 2.67. The highest BCUT2D eigenvalue weighted by Crippen LogP contribution is 2.26. The number of pyridine rings is 1. The predicted molar refractivity (Wildman–Crippen MR) is 120 cm³/mol. The van der Waals surface area contributed by atoms with Gasteiger partial charge in [-0.2, -0.15) is 0 Å². The van der Waals surface area contributed by atoms with Crippen LogP contribution in [-0.2, 0) is 4.74 Å².